The maximum atomic E-state index is 13.0. The first-order chi connectivity index (χ1) is 33.1. The Morgan fingerprint density at radius 3 is 1.50 bits per heavy atom. The van der Waals surface area contributed by atoms with E-state index in [4.69, 9.17) is 28.4 Å². The average molecular weight is 969 g/mol. The molecule has 0 aromatic heterocycles. The Balaban J connectivity index is 1.72. The van der Waals surface area contributed by atoms with E-state index < -0.39 is 80.7 Å². The van der Waals surface area contributed by atoms with Crippen LogP contribution in [0.25, 0.3) is 0 Å². The summed E-state index contributed by atoms with van der Waals surface area (Å²) in [6, 6.07) is 0. The summed E-state index contributed by atoms with van der Waals surface area (Å²) < 4.78 is 34.2. The minimum Gasteiger partial charge on any atom is -0.457 e. The van der Waals surface area contributed by atoms with Crippen LogP contribution in [-0.4, -0.2) is 142 Å². The lowest BCUT2D eigenvalue weighted by atomic mass is 9.98. The van der Waals surface area contributed by atoms with E-state index in [2.05, 4.69) is 62.5 Å². The summed E-state index contributed by atoms with van der Waals surface area (Å²) >= 11 is 0. The van der Waals surface area contributed by atoms with Crippen molar-refractivity contribution in [3.63, 3.8) is 0 Å². The lowest BCUT2D eigenvalue weighted by molar-refractivity contribution is -0.332. The Labute approximate surface area is 410 Å². The summed E-state index contributed by atoms with van der Waals surface area (Å²) in [5.74, 6) is -0.387. The molecule has 11 unspecified atom stereocenters. The molecule has 396 valence electrons. The number of aliphatic hydroxyl groups excluding tert-OH is 7. The predicted molar refractivity (Wildman–Crippen MR) is 266 cm³/mol. The number of hydrogen-bond donors (Lipinski definition) is 7. The Bertz CT molecular complexity index is 1310. The number of carbonyl (C=O) groups excluding carboxylic acids is 1. The van der Waals surface area contributed by atoms with E-state index in [0.29, 0.717) is 13.0 Å². The van der Waals surface area contributed by atoms with Crippen LogP contribution in [0.15, 0.2) is 48.6 Å². The van der Waals surface area contributed by atoms with Gasteiger partial charge in [0.1, 0.15) is 54.9 Å². The molecule has 14 nitrogen and oxygen atoms in total. The molecule has 14 heteroatoms. The Morgan fingerprint density at radius 2 is 0.941 bits per heavy atom. The summed E-state index contributed by atoms with van der Waals surface area (Å²) in [5, 5.41) is 72.1. The number of hydrogen-bond acceptors (Lipinski definition) is 14. The van der Waals surface area contributed by atoms with Crippen molar-refractivity contribution in [1.82, 2.24) is 0 Å². The number of esters is 1. The zero-order valence-electron chi connectivity index (χ0n) is 42.1. The summed E-state index contributed by atoms with van der Waals surface area (Å²) in [5.41, 5.74) is 0. The van der Waals surface area contributed by atoms with Gasteiger partial charge in [-0.1, -0.05) is 159 Å². The van der Waals surface area contributed by atoms with Gasteiger partial charge in [-0.2, -0.15) is 0 Å². The fraction of sp³-hybridized carbons (Fsp3) is 0.833. The van der Waals surface area contributed by atoms with Crippen LogP contribution >= 0.6 is 0 Å². The quantitative estimate of drug-likeness (QED) is 0.0174. The van der Waals surface area contributed by atoms with Crippen molar-refractivity contribution in [2.45, 2.75) is 255 Å². The van der Waals surface area contributed by atoms with Gasteiger partial charge in [-0.05, 0) is 70.6 Å². The van der Waals surface area contributed by atoms with Gasteiger partial charge < -0.3 is 64.2 Å². The molecule has 68 heavy (non-hydrogen) atoms. The molecule has 0 saturated carbocycles. The van der Waals surface area contributed by atoms with Crippen molar-refractivity contribution in [2.24, 2.45) is 0 Å². The van der Waals surface area contributed by atoms with Gasteiger partial charge in [-0.3, -0.25) is 4.79 Å². The highest BCUT2D eigenvalue weighted by atomic mass is 16.7. The van der Waals surface area contributed by atoms with Gasteiger partial charge in [0.15, 0.2) is 12.6 Å². The van der Waals surface area contributed by atoms with Gasteiger partial charge in [0.2, 0.25) is 0 Å². The van der Waals surface area contributed by atoms with Crippen LogP contribution in [0.4, 0.5) is 0 Å². The highest BCUT2D eigenvalue weighted by molar-refractivity contribution is 5.69. The SMILES string of the molecule is CCC/C=C\CCCCCCCCOCC(COC1OC(COC2OC(CO)C(O)C(O)C2O)C(O)C(O)C1O)OC(=O)CCCCCCCCCC/C=C\C/C=C\C/C=C\CCCCCCC. The van der Waals surface area contributed by atoms with Crippen LogP contribution in [0.2, 0.25) is 0 Å². The van der Waals surface area contributed by atoms with E-state index in [1.54, 1.807) is 0 Å². The van der Waals surface area contributed by atoms with Gasteiger partial charge in [0.05, 0.1) is 26.4 Å². The molecule has 0 spiro atoms. The smallest absolute Gasteiger partial charge is 0.306 e. The molecular weight excluding hydrogens is 873 g/mol. The van der Waals surface area contributed by atoms with Crippen LogP contribution in [0.1, 0.15) is 187 Å². The van der Waals surface area contributed by atoms with Crippen LogP contribution in [0, 0.1) is 0 Å². The maximum Gasteiger partial charge on any atom is 0.306 e. The normalized spacial score (nSPS) is 26.2. The number of carbonyl (C=O) groups is 1. The third-order valence-electron chi connectivity index (χ3n) is 12.5. The third-order valence-corrected chi connectivity index (χ3v) is 12.5. The Morgan fingerprint density at radius 1 is 0.485 bits per heavy atom. The second kappa shape index (κ2) is 41.6. The second-order valence-electron chi connectivity index (χ2n) is 18.7. The van der Waals surface area contributed by atoms with Crippen molar-refractivity contribution < 1.29 is 69.0 Å². The first-order valence-corrected chi connectivity index (χ1v) is 26.7. The van der Waals surface area contributed by atoms with Gasteiger partial charge in [-0.15, -0.1) is 0 Å². The zero-order valence-corrected chi connectivity index (χ0v) is 42.1. The lowest BCUT2D eigenvalue weighted by Crippen LogP contribution is -2.61. The minimum absolute atomic E-state index is 0.0531. The number of unbranched alkanes of at least 4 members (excludes halogenated alkanes) is 20. The van der Waals surface area contributed by atoms with Gasteiger partial charge in [0.25, 0.3) is 0 Å². The molecule has 2 rings (SSSR count). The topological polar surface area (TPSA) is 214 Å². The molecule has 0 aliphatic carbocycles. The zero-order chi connectivity index (χ0) is 49.5. The number of ether oxygens (including phenoxy) is 6. The molecule has 0 bridgehead atoms. The average Bonchev–Trinajstić information content (AvgIpc) is 3.33. The molecule has 0 amide bonds. The first kappa shape index (κ1) is 62.1. The summed E-state index contributed by atoms with van der Waals surface area (Å²) in [6.45, 7) is 3.59. The van der Waals surface area contributed by atoms with Crippen molar-refractivity contribution in [1.29, 1.82) is 0 Å². The van der Waals surface area contributed by atoms with E-state index in [9.17, 15) is 40.5 Å². The van der Waals surface area contributed by atoms with Crippen LogP contribution < -0.4 is 0 Å². The van der Waals surface area contributed by atoms with E-state index in [0.717, 1.165) is 70.6 Å². The van der Waals surface area contributed by atoms with Crippen LogP contribution in [0.5, 0.6) is 0 Å². The first-order valence-electron chi connectivity index (χ1n) is 26.7. The molecule has 2 aliphatic rings. The second-order valence-corrected chi connectivity index (χ2v) is 18.7. The Kier molecular flexibility index (Phi) is 37.9. The van der Waals surface area contributed by atoms with Crippen molar-refractivity contribution in [3.8, 4) is 0 Å². The van der Waals surface area contributed by atoms with Crippen molar-refractivity contribution in [2.75, 3.05) is 33.0 Å². The molecule has 0 aromatic rings. The molecule has 2 heterocycles. The van der Waals surface area contributed by atoms with Gasteiger partial charge >= 0.3 is 5.97 Å². The van der Waals surface area contributed by atoms with Crippen LogP contribution in [-0.2, 0) is 33.2 Å². The number of aliphatic hydroxyl groups is 7. The summed E-state index contributed by atoms with van der Waals surface area (Å²) in [7, 11) is 0. The molecular formula is C54H96O14. The predicted octanol–water partition coefficient (Wildman–Crippen LogP) is 8.35. The van der Waals surface area contributed by atoms with Crippen molar-refractivity contribution >= 4 is 5.97 Å². The lowest BCUT2D eigenvalue weighted by Gasteiger charge is -2.42. The molecule has 2 saturated heterocycles. The molecule has 2 aliphatic heterocycles. The standard InChI is InChI=1S/C54H96O14/c1-3-5-7-9-11-13-15-16-17-18-19-20-21-22-23-24-25-26-27-29-31-33-35-37-46(56)66-43(40-63-38-36-34-32-30-28-14-12-10-8-6-4-2)41-64-53-52(62)50(60)48(58)45(68-53)42-65-54-51(61)49(59)47(57)44(39-55)67-54/h8,10,15-16,18-19,21-22,43-45,47-55,57-62H,3-7,9,11-14,17,20,23-42H2,1-2H3/b10-8-,16-15-,19-18-,22-21-. The monoisotopic (exact) mass is 969 g/mol. The summed E-state index contributed by atoms with van der Waals surface area (Å²) in [4.78, 5) is 13.0. The molecule has 11 atom stereocenters. The number of rotatable bonds is 42. The fourth-order valence-electron chi connectivity index (χ4n) is 8.18. The van der Waals surface area contributed by atoms with Crippen LogP contribution in [0.3, 0.4) is 0 Å². The highest BCUT2D eigenvalue weighted by Gasteiger charge is 2.47. The largest absolute Gasteiger partial charge is 0.457 e. The Hall–Kier alpha value is -2.05. The minimum atomic E-state index is -1.71. The summed E-state index contributed by atoms with van der Waals surface area (Å²) in [6.07, 6.45) is 31.8. The molecule has 0 aromatic carbocycles. The molecule has 7 N–H and O–H groups in total. The van der Waals surface area contributed by atoms with E-state index >= 15 is 0 Å². The van der Waals surface area contributed by atoms with Gasteiger partial charge in [0, 0.05) is 13.0 Å². The van der Waals surface area contributed by atoms with Gasteiger partial charge in [-0.25, -0.2) is 0 Å². The van der Waals surface area contributed by atoms with E-state index in [1.807, 2.05) is 0 Å². The maximum absolute atomic E-state index is 13.0. The fourth-order valence-corrected chi connectivity index (χ4v) is 8.18. The molecule has 0 radical (unpaired) electrons. The van der Waals surface area contributed by atoms with Crippen molar-refractivity contribution in [3.05, 3.63) is 48.6 Å². The highest BCUT2D eigenvalue weighted by Crippen LogP contribution is 2.26. The number of allylic oxidation sites excluding steroid dienone is 8. The molecule has 2 fully saturated rings. The van der Waals surface area contributed by atoms with E-state index in [-0.39, 0.29) is 25.6 Å². The van der Waals surface area contributed by atoms with E-state index in [1.165, 1.54) is 89.9 Å². The third kappa shape index (κ3) is 28.7.